The number of carbonyl (C=O) groups excluding carboxylic acids is 3. The zero-order valence-electron chi connectivity index (χ0n) is 19.7. The maximum absolute atomic E-state index is 13.1. The summed E-state index contributed by atoms with van der Waals surface area (Å²) in [5.74, 6) is 0.416. The summed E-state index contributed by atoms with van der Waals surface area (Å²) < 4.78 is 17.4. The second-order valence-electron chi connectivity index (χ2n) is 8.54. The molecule has 2 atom stereocenters. The smallest absolute Gasteiger partial charge is 0.258 e. The van der Waals surface area contributed by atoms with Gasteiger partial charge in [-0.25, -0.2) is 0 Å². The largest absolute Gasteiger partial charge is 0.496 e. The third-order valence-corrected chi connectivity index (χ3v) is 6.18. The van der Waals surface area contributed by atoms with Crippen molar-refractivity contribution in [2.45, 2.75) is 32.0 Å². The number of methoxy groups -OCH3 is 1. The Morgan fingerprint density at radius 3 is 2.83 bits per heavy atom. The van der Waals surface area contributed by atoms with Gasteiger partial charge in [0.25, 0.3) is 11.8 Å². The van der Waals surface area contributed by atoms with E-state index in [1.165, 1.54) is 12.0 Å². The number of aliphatic hydroxyl groups excluding tert-OH is 1. The average Bonchev–Trinajstić information content (AvgIpc) is 2.87. The highest BCUT2D eigenvalue weighted by Crippen LogP contribution is 2.28. The Morgan fingerprint density at radius 2 is 2.06 bits per heavy atom. The predicted octanol–water partition coefficient (Wildman–Crippen LogP) is 0.783. The van der Waals surface area contributed by atoms with Crippen LogP contribution in [0.5, 0.6) is 17.2 Å². The number of benzene rings is 2. The normalized spacial score (nSPS) is 20.5. The van der Waals surface area contributed by atoms with Crippen molar-refractivity contribution in [1.29, 1.82) is 0 Å². The van der Waals surface area contributed by atoms with E-state index in [1.54, 1.807) is 36.4 Å². The molecule has 2 aromatic rings. The number of rotatable bonds is 2. The summed E-state index contributed by atoms with van der Waals surface area (Å²) in [5.41, 5.74) is 1.90. The van der Waals surface area contributed by atoms with E-state index in [4.69, 9.17) is 14.2 Å². The van der Waals surface area contributed by atoms with Crippen molar-refractivity contribution < 1.29 is 33.7 Å². The molecule has 4 bridgehead atoms. The molecule has 3 heterocycles. The number of hydrogen-bond donors (Lipinski definition) is 3. The van der Waals surface area contributed by atoms with Gasteiger partial charge in [-0.3, -0.25) is 14.4 Å². The Kier molecular flexibility index (Phi) is 7.40. The lowest BCUT2D eigenvalue weighted by Crippen LogP contribution is -2.58. The van der Waals surface area contributed by atoms with Gasteiger partial charge in [-0.1, -0.05) is 6.07 Å². The highest BCUT2D eigenvalue weighted by atomic mass is 16.5. The fraction of sp³-hybridized carbons (Fsp3) is 0.400. The van der Waals surface area contributed by atoms with Gasteiger partial charge in [0.05, 0.1) is 13.2 Å². The van der Waals surface area contributed by atoms with E-state index in [2.05, 4.69) is 10.6 Å². The van der Waals surface area contributed by atoms with Gasteiger partial charge >= 0.3 is 0 Å². The van der Waals surface area contributed by atoms with Crippen LogP contribution in [0.2, 0.25) is 0 Å². The van der Waals surface area contributed by atoms with Crippen molar-refractivity contribution in [2.24, 2.45) is 0 Å². The van der Waals surface area contributed by atoms with E-state index in [9.17, 15) is 19.5 Å². The summed E-state index contributed by atoms with van der Waals surface area (Å²) in [6, 6.07) is 9.79. The van der Waals surface area contributed by atoms with E-state index < -0.39 is 24.7 Å². The fourth-order valence-electron chi connectivity index (χ4n) is 4.19. The number of piperidine rings is 1. The number of amides is 3. The second kappa shape index (κ2) is 10.6. The Balaban J connectivity index is 1.68. The van der Waals surface area contributed by atoms with Crippen molar-refractivity contribution in [3.8, 4) is 17.2 Å². The minimum absolute atomic E-state index is 0.193. The molecular formula is C25H29N3O7. The van der Waals surface area contributed by atoms with Crippen molar-refractivity contribution >= 4 is 17.7 Å². The molecule has 2 aromatic carbocycles. The van der Waals surface area contributed by atoms with Crippen molar-refractivity contribution in [3.05, 3.63) is 53.1 Å². The van der Waals surface area contributed by atoms with E-state index in [-0.39, 0.29) is 31.5 Å². The highest BCUT2D eigenvalue weighted by Gasteiger charge is 2.34. The van der Waals surface area contributed by atoms with E-state index in [0.29, 0.717) is 35.8 Å². The SMILES string of the molecule is COc1cc2ccc1CNC(=O)COc1cc(ccc1C)C(=O)N[C@H]1CN(C(=O)CO)CC[C@H]1O2. The molecule has 1 fully saturated rings. The van der Waals surface area contributed by atoms with Gasteiger partial charge in [-0.2, -0.15) is 0 Å². The zero-order valence-corrected chi connectivity index (χ0v) is 19.7. The molecule has 0 aliphatic carbocycles. The third kappa shape index (κ3) is 5.65. The first-order valence-electron chi connectivity index (χ1n) is 11.4. The second-order valence-corrected chi connectivity index (χ2v) is 8.54. The number of hydrogen-bond acceptors (Lipinski definition) is 7. The molecule has 1 saturated heterocycles. The Hall–Kier alpha value is -3.79. The Morgan fingerprint density at radius 1 is 1.23 bits per heavy atom. The molecule has 3 N–H and O–H groups in total. The molecular weight excluding hydrogens is 454 g/mol. The molecule has 0 saturated carbocycles. The van der Waals surface area contributed by atoms with Gasteiger partial charge in [0.1, 0.15) is 30.0 Å². The molecule has 3 amide bonds. The number of nitrogens with one attached hydrogen (secondary N) is 2. The first-order valence-corrected chi connectivity index (χ1v) is 11.4. The van der Waals surface area contributed by atoms with Gasteiger partial charge in [-0.05, 0) is 36.8 Å². The summed E-state index contributed by atoms with van der Waals surface area (Å²) in [5, 5.41) is 15.1. The van der Waals surface area contributed by atoms with Crippen LogP contribution in [0.25, 0.3) is 0 Å². The molecule has 10 heteroatoms. The lowest BCUT2D eigenvalue weighted by molar-refractivity contribution is -0.136. The lowest BCUT2D eigenvalue weighted by Gasteiger charge is -2.38. The molecule has 5 rings (SSSR count). The van der Waals surface area contributed by atoms with Gasteiger partial charge in [0.2, 0.25) is 5.91 Å². The van der Waals surface area contributed by atoms with Crippen LogP contribution in [-0.4, -0.2) is 73.3 Å². The lowest BCUT2D eigenvalue weighted by atomic mass is 10.0. The quantitative estimate of drug-likeness (QED) is 0.576. The molecule has 0 spiro atoms. The number of fused-ring (bicyclic) bond motifs is 7. The molecule has 3 aliphatic rings. The molecule has 10 nitrogen and oxygen atoms in total. The average molecular weight is 484 g/mol. The monoisotopic (exact) mass is 483 g/mol. The molecule has 0 radical (unpaired) electrons. The number of nitrogens with zero attached hydrogens (tertiary/aromatic N) is 1. The summed E-state index contributed by atoms with van der Waals surface area (Å²) in [6.45, 7) is 1.84. The minimum Gasteiger partial charge on any atom is -0.496 e. The Bertz CT molecular complexity index is 1120. The van der Waals surface area contributed by atoms with Gasteiger partial charge < -0.3 is 34.9 Å². The minimum atomic E-state index is -0.601. The number of ether oxygens (including phenoxy) is 3. The highest BCUT2D eigenvalue weighted by molar-refractivity contribution is 5.95. The summed E-state index contributed by atoms with van der Waals surface area (Å²) >= 11 is 0. The maximum atomic E-state index is 13.1. The number of aryl methyl sites for hydroxylation is 1. The van der Waals surface area contributed by atoms with Crippen LogP contribution in [-0.2, 0) is 16.1 Å². The number of aliphatic hydroxyl groups is 1. The van der Waals surface area contributed by atoms with Crippen LogP contribution >= 0.6 is 0 Å². The number of likely N-dealkylation sites (tertiary alicyclic amines) is 1. The molecule has 3 aliphatic heterocycles. The summed E-state index contributed by atoms with van der Waals surface area (Å²) in [7, 11) is 1.54. The number of carbonyl (C=O) groups is 3. The third-order valence-electron chi connectivity index (χ3n) is 6.18. The first-order chi connectivity index (χ1) is 16.9. The first kappa shape index (κ1) is 24.3. The van der Waals surface area contributed by atoms with Crippen molar-refractivity contribution in [2.75, 3.05) is 33.4 Å². The van der Waals surface area contributed by atoms with Gasteiger partial charge in [0.15, 0.2) is 6.61 Å². The Labute approximate surface area is 203 Å². The topological polar surface area (TPSA) is 126 Å². The van der Waals surface area contributed by atoms with E-state index >= 15 is 0 Å². The molecule has 35 heavy (non-hydrogen) atoms. The molecule has 0 unspecified atom stereocenters. The molecule has 0 aromatic heterocycles. The maximum Gasteiger partial charge on any atom is 0.258 e. The zero-order chi connectivity index (χ0) is 24.9. The van der Waals surface area contributed by atoms with Crippen LogP contribution in [0, 0.1) is 6.92 Å². The van der Waals surface area contributed by atoms with Gasteiger partial charge in [0, 0.05) is 43.2 Å². The van der Waals surface area contributed by atoms with E-state index in [1.807, 2.05) is 6.92 Å². The molecule has 186 valence electrons. The standard InChI is InChI=1S/C25H29N3O7/c1-15-3-4-16-9-21(15)34-14-23(30)26-11-17-5-6-18(10-22(17)33-2)35-20-7-8-28(24(31)13-29)12-19(20)27-25(16)32/h3-6,9-10,19-20,29H,7-8,11-14H2,1-2H3,(H,26,30)(H,27,32)/t19-,20+/m0/s1. The van der Waals surface area contributed by atoms with Crippen LogP contribution in [0.15, 0.2) is 36.4 Å². The van der Waals surface area contributed by atoms with Crippen LogP contribution < -0.4 is 24.8 Å². The van der Waals surface area contributed by atoms with Crippen LogP contribution in [0.4, 0.5) is 0 Å². The summed E-state index contributed by atoms with van der Waals surface area (Å²) in [4.78, 5) is 39.1. The van der Waals surface area contributed by atoms with Crippen LogP contribution in [0.3, 0.4) is 0 Å². The van der Waals surface area contributed by atoms with Gasteiger partial charge in [-0.15, -0.1) is 0 Å². The van der Waals surface area contributed by atoms with Crippen LogP contribution in [0.1, 0.15) is 27.9 Å². The summed E-state index contributed by atoms with van der Waals surface area (Å²) in [6.07, 6.45) is 0.0350. The fourth-order valence-corrected chi connectivity index (χ4v) is 4.19. The van der Waals surface area contributed by atoms with Crippen molar-refractivity contribution in [1.82, 2.24) is 15.5 Å². The van der Waals surface area contributed by atoms with E-state index in [0.717, 1.165) is 11.1 Å². The predicted molar refractivity (Wildman–Crippen MR) is 125 cm³/mol. The van der Waals surface area contributed by atoms with Crippen molar-refractivity contribution in [3.63, 3.8) is 0 Å².